The van der Waals surface area contributed by atoms with Gasteiger partial charge in [-0.3, -0.25) is 9.20 Å². The Bertz CT molecular complexity index is 1040. The number of ether oxygens (including phenoxy) is 2. The lowest BCUT2D eigenvalue weighted by atomic mass is 10.1. The molecule has 7 heteroatoms. The summed E-state index contributed by atoms with van der Waals surface area (Å²) in [5.41, 5.74) is 1.52. The molecule has 26 heavy (non-hydrogen) atoms. The fourth-order valence-corrected chi connectivity index (χ4v) is 3.89. The van der Waals surface area contributed by atoms with Gasteiger partial charge in [0.15, 0.2) is 16.5 Å². The minimum atomic E-state index is -0.0488. The van der Waals surface area contributed by atoms with E-state index in [2.05, 4.69) is 27.6 Å². The molecule has 1 saturated carbocycles. The number of halogens is 1. The van der Waals surface area contributed by atoms with Crippen LogP contribution in [0.5, 0.6) is 11.5 Å². The quantitative estimate of drug-likeness (QED) is 0.493. The van der Waals surface area contributed by atoms with Gasteiger partial charge in [-0.1, -0.05) is 12.1 Å². The molecule has 134 valence electrons. The summed E-state index contributed by atoms with van der Waals surface area (Å²) in [5.74, 6) is 2.10. The van der Waals surface area contributed by atoms with Crippen molar-refractivity contribution in [3.63, 3.8) is 0 Å². The van der Waals surface area contributed by atoms with E-state index >= 15 is 0 Å². The van der Waals surface area contributed by atoms with Crippen LogP contribution in [0.25, 0.3) is 17.1 Å². The molecule has 0 bridgehead atoms. The van der Waals surface area contributed by atoms with E-state index in [1.165, 1.54) is 24.2 Å². The first-order valence-electron chi connectivity index (χ1n) is 8.30. The topological polar surface area (TPSA) is 52.8 Å². The highest BCUT2D eigenvalue weighted by molar-refractivity contribution is 14.1. The average molecular weight is 480 g/mol. The Morgan fingerprint density at radius 2 is 2.23 bits per heavy atom. The molecule has 0 aliphatic heterocycles. The summed E-state index contributed by atoms with van der Waals surface area (Å²) in [5, 5.41) is 1.86. The lowest BCUT2D eigenvalue weighted by molar-refractivity contribution is 0.280. The van der Waals surface area contributed by atoms with Crippen LogP contribution in [0.4, 0.5) is 0 Å². The second-order valence-corrected chi connectivity index (χ2v) is 8.09. The molecular formula is C19H17IN2O3S. The highest BCUT2D eigenvalue weighted by Gasteiger charge is 2.23. The largest absolute Gasteiger partial charge is 0.493 e. The number of methoxy groups -OCH3 is 1. The van der Waals surface area contributed by atoms with Crippen LogP contribution in [0.2, 0.25) is 0 Å². The Morgan fingerprint density at radius 1 is 1.38 bits per heavy atom. The van der Waals surface area contributed by atoms with Gasteiger partial charge in [0.1, 0.15) is 3.57 Å². The van der Waals surface area contributed by atoms with Crippen LogP contribution in [0.1, 0.15) is 24.1 Å². The fraction of sp³-hybridized carbons (Fsp3) is 0.263. The van der Waals surface area contributed by atoms with Crippen molar-refractivity contribution < 1.29 is 9.47 Å². The summed E-state index contributed by atoms with van der Waals surface area (Å²) in [6, 6.07) is 5.80. The number of rotatable bonds is 6. The Hall–Kier alpha value is -1.87. The molecule has 4 rings (SSSR count). The van der Waals surface area contributed by atoms with Gasteiger partial charge in [-0.25, -0.2) is 4.98 Å². The van der Waals surface area contributed by atoms with Crippen molar-refractivity contribution in [3.8, 4) is 11.5 Å². The first kappa shape index (κ1) is 17.5. The first-order valence-corrected chi connectivity index (χ1v) is 10.3. The van der Waals surface area contributed by atoms with Crippen LogP contribution in [0.15, 0.2) is 34.6 Å². The van der Waals surface area contributed by atoms with Crippen molar-refractivity contribution in [1.29, 1.82) is 0 Å². The third-order valence-electron chi connectivity index (χ3n) is 4.25. The van der Waals surface area contributed by atoms with Crippen LogP contribution < -0.4 is 15.0 Å². The summed E-state index contributed by atoms with van der Waals surface area (Å²) in [4.78, 5) is 17.7. The molecule has 0 radical (unpaired) electrons. The molecule has 0 unspecified atom stereocenters. The Labute approximate surface area is 168 Å². The van der Waals surface area contributed by atoms with Gasteiger partial charge in [0, 0.05) is 17.1 Å². The minimum Gasteiger partial charge on any atom is -0.493 e. The smallest absolute Gasteiger partial charge is 0.272 e. The predicted molar refractivity (Wildman–Crippen MR) is 112 cm³/mol. The Morgan fingerprint density at radius 3 is 3.00 bits per heavy atom. The van der Waals surface area contributed by atoms with Crippen molar-refractivity contribution >= 4 is 51.0 Å². The summed E-state index contributed by atoms with van der Waals surface area (Å²) in [6.45, 7) is 0.708. The first-order chi connectivity index (χ1) is 12.7. The lowest BCUT2D eigenvalue weighted by Gasteiger charge is -2.13. The lowest BCUT2D eigenvalue weighted by Crippen LogP contribution is -2.17. The SMILES string of the molecule is COc1cccc(/C=C/c2nc3sccn3c(=O)c2I)c1OCC1CC1. The van der Waals surface area contributed by atoms with E-state index in [1.807, 2.05) is 35.7 Å². The maximum atomic E-state index is 12.4. The van der Waals surface area contributed by atoms with Crippen molar-refractivity contribution in [1.82, 2.24) is 9.38 Å². The number of fused-ring (bicyclic) bond motifs is 1. The van der Waals surface area contributed by atoms with Crippen LogP contribution >= 0.6 is 33.9 Å². The van der Waals surface area contributed by atoms with Gasteiger partial charge in [0.2, 0.25) is 0 Å². The van der Waals surface area contributed by atoms with Crippen LogP contribution in [0, 0.1) is 9.49 Å². The molecule has 0 saturated heterocycles. The number of para-hydroxylation sites is 1. The molecule has 0 atom stereocenters. The van der Waals surface area contributed by atoms with E-state index in [0.717, 1.165) is 11.3 Å². The number of nitrogens with zero attached hydrogens (tertiary/aromatic N) is 2. The number of hydrogen-bond donors (Lipinski definition) is 0. The zero-order valence-corrected chi connectivity index (χ0v) is 17.1. The highest BCUT2D eigenvalue weighted by Crippen LogP contribution is 2.36. The van der Waals surface area contributed by atoms with Gasteiger partial charge in [-0.05, 0) is 59.6 Å². The summed E-state index contributed by atoms with van der Waals surface area (Å²) in [7, 11) is 1.64. The summed E-state index contributed by atoms with van der Waals surface area (Å²) in [6.07, 6.45) is 8.00. The van der Waals surface area contributed by atoms with E-state index in [9.17, 15) is 4.79 Å². The van der Waals surface area contributed by atoms with Crippen molar-refractivity contribution in [3.05, 3.63) is 55.0 Å². The number of hydrogen-bond acceptors (Lipinski definition) is 5. The standard InChI is InChI=1S/C19H17IN2O3S/c1-24-15-4-2-3-13(17(15)25-11-12-5-6-12)7-8-14-16(20)18(23)22-9-10-26-19(22)21-14/h2-4,7-10,12H,5-6,11H2,1H3/b8-7+. The number of benzene rings is 1. The summed E-state index contributed by atoms with van der Waals surface area (Å²) < 4.78 is 13.6. The molecule has 1 aliphatic rings. The third kappa shape index (κ3) is 3.50. The normalized spacial score (nSPS) is 14.2. The molecule has 1 aromatic carbocycles. The second-order valence-electron chi connectivity index (χ2n) is 6.14. The molecule has 0 N–H and O–H groups in total. The molecule has 5 nitrogen and oxygen atoms in total. The Balaban J connectivity index is 1.70. The van der Waals surface area contributed by atoms with Gasteiger partial charge >= 0.3 is 0 Å². The zero-order valence-electron chi connectivity index (χ0n) is 14.1. The van der Waals surface area contributed by atoms with E-state index in [1.54, 1.807) is 17.7 Å². The van der Waals surface area contributed by atoms with Gasteiger partial charge < -0.3 is 9.47 Å². The summed E-state index contributed by atoms with van der Waals surface area (Å²) >= 11 is 3.49. The van der Waals surface area contributed by atoms with Crippen molar-refractivity contribution in [2.75, 3.05) is 13.7 Å². The molecule has 2 heterocycles. The van der Waals surface area contributed by atoms with Gasteiger partial charge in [0.05, 0.1) is 19.4 Å². The second kappa shape index (κ2) is 7.40. The molecule has 0 spiro atoms. The average Bonchev–Trinajstić information content (AvgIpc) is 3.37. The van der Waals surface area contributed by atoms with Crippen LogP contribution in [0.3, 0.4) is 0 Å². The number of aromatic nitrogens is 2. The van der Waals surface area contributed by atoms with Crippen molar-refractivity contribution in [2.45, 2.75) is 12.8 Å². The van der Waals surface area contributed by atoms with Gasteiger partial charge in [0.25, 0.3) is 5.56 Å². The molecule has 2 aromatic heterocycles. The number of thiazole rings is 1. The monoisotopic (exact) mass is 480 g/mol. The predicted octanol–water partition coefficient (Wildman–Crippen LogP) is 4.33. The van der Waals surface area contributed by atoms with Crippen molar-refractivity contribution in [2.24, 2.45) is 5.92 Å². The molecule has 3 aromatic rings. The Kier molecular flexibility index (Phi) is 4.99. The molecule has 0 amide bonds. The molecule has 1 aliphatic carbocycles. The van der Waals surface area contributed by atoms with E-state index < -0.39 is 0 Å². The third-order valence-corrected chi connectivity index (χ3v) is 6.02. The molecular weight excluding hydrogens is 463 g/mol. The highest BCUT2D eigenvalue weighted by atomic mass is 127. The van der Waals surface area contributed by atoms with E-state index in [-0.39, 0.29) is 5.56 Å². The van der Waals surface area contributed by atoms with Crippen LogP contribution in [-0.4, -0.2) is 23.1 Å². The van der Waals surface area contributed by atoms with Gasteiger partial charge in [-0.15, -0.1) is 11.3 Å². The maximum absolute atomic E-state index is 12.4. The maximum Gasteiger partial charge on any atom is 0.272 e. The zero-order chi connectivity index (χ0) is 18.1. The molecule has 1 fully saturated rings. The minimum absolute atomic E-state index is 0.0488. The van der Waals surface area contributed by atoms with Gasteiger partial charge in [-0.2, -0.15) is 0 Å². The fourth-order valence-electron chi connectivity index (χ4n) is 2.62. The van der Waals surface area contributed by atoms with E-state index in [4.69, 9.17) is 9.47 Å². The van der Waals surface area contributed by atoms with Crippen LogP contribution in [-0.2, 0) is 0 Å². The van der Waals surface area contributed by atoms with E-state index in [0.29, 0.717) is 32.5 Å².